The molecule has 1 aliphatic heterocycles. The number of nitrogens with one attached hydrogen (secondary N) is 1. The molecule has 1 aromatic rings. The highest BCUT2D eigenvalue weighted by Gasteiger charge is 2.21. The third kappa shape index (κ3) is 12.5. The van der Waals surface area contributed by atoms with Crippen LogP contribution in [0.15, 0.2) is 30.3 Å². The first-order valence-corrected chi connectivity index (χ1v) is 9.95. The van der Waals surface area contributed by atoms with E-state index >= 15 is 0 Å². The highest BCUT2D eigenvalue weighted by molar-refractivity contribution is 5.81. The largest absolute Gasteiger partial charge is 0.460 e. The maximum atomic E-state index is 11.5. The summed E-state index contributed by atoms with van der Waals surface area (Å²) in [5.41, 5.74) is 1.05. The van der Waals surface area contributed by atoms with Gasteiger partial charge in [0.25, 0.3) is 0 Å². The molecular weight excluding hydrogens is 326 g/mol. The molecule has 0 unspecified atom stereocenters. The summed E-state index contributed by atoms with van der Waals surface area (Å²) in [6.07, 6.45) is 6.35. The Morgan fingerprint density at radius 1 is 1.15 bits per heavy atom. The van der Waals surface area contributed by atoms with Crippen molar-refractivity contribution in [2.24, 2.45) is 0 Å². The van der Waals surface area contributed by atoms with Gasteiger partial charge in [0.05, 0.1) is 0 Å². The van der Waals surface area contributed by atoms with Gasteiger partial charge in [-0.2, -0.15) is 0 Å². The van der Waals surface area contributed by atoms with E-state index in [4.69, 9.17) is 4.74 Å². The topological polar surface area (TPSA) is 55.4 Å². The van der Waals surface area contributed by atoms with Gasteiger partial charge in [-0.05, 0) is 51.5 Å². The van der Waals surface area contributed by atoms with Crippen molar-refractivity contribution in [3.63, 3.8) is 0 Å². The van der Waals surface area contributed by atoms with E-state index in [2.05, 4.69) is 29.6 Å². The van der Waals surface area contributed by atoms with Crippen LogP contribution in [0.2, 0.25) is 0 Å². The molecule has 1 N–H and O–H groups in total. The average molecular weight is 364 g/mol. The van der Waals surface area contributed by atoms with Crippen LogP contribution in [-0.2, 0) is 20.7 Å². The van der Waals surface area contributed by atoms with Gasteiger partial charge in [0, 0.05) is 19.4 Å². The zero-order valence-corrected chi connectivity index (χ0v) is 17.3. The molecule has 1 aromatic carbocycles. The van der Waals surface area contributed by atoms with Gasteiger partial charge >= 0.3 is 5.97 Å². The van der Waals surface area contributed by atoms with Crippen LogP contribution < -0.4 is 5.32 Å². The number of hydrogen-bond acceptors (Lipinski definition) is 3. The summed E-state index contributed by atoms with van der Waals surface area (Å²) < 4.78 is 5.49. The summed E-state index contributed by atoms with van der Waals surface area (Å²) in [4.78, 5) is 21.3. The van der Waals surface area contributed by atoms with Gasteiger partial charge in [0.1, 0.15) is 5.60 Å². The van der Waals surface area contributed by atoms with E-state index in [0.29, 0.717) is 6.42 Å². The van der Waals surface area contributed by atoms with Crippen LogP contribution in [0.4, 0.5) is 0 Å². The fourth-order valence-corrected chi connectivity index (χ4v) is 2.37. The van der Waals surface area contributed by atoms with Gasteiger partial charge in [-0.1, -0.05) is 51.1 Å². The van der Waals surface area contributed by atoms with Crippen molar-refractivity contribution in [2.75, 3.05) is 6.54 Å². The molecule has 1 fully saturated rings. The number of ether oxygens (including phenoxy) is 1. The van der Waals surface area contributed by atoms with E-state index in [1.165, 1.54) is 5.56 Å². The van der Waals surface area contributed by atoms with Gasteiger partial charge in [0.2, 0.25) is 5.91 Å². The minimum absolute atomic E-state index is 0.0736. The van der Waals surface area contributed by atoms with Crippen molar-refractivity contribution in [3.8, 4) is 0 Å². The van der Waals surface area contributed by atoms with Gasteiger partial charge < -0.3 is 10.1 Å². The number of carbonyl (C=O) groups excluding carboxylic acids is 2. The number of benzene rings is 1. The molecule has 1 saturated heterocycles. The summed E-state index contributed by atoms with van der Waals surface area (Å²) >= 11 is 0. The molecule has 0 saturated carbocycles. The molecule has 1 amide bonds. The second-order valence-electron chi connectivity index (χ2n) is 6.78. The second-order valence-corrected chi connectivity index (χ2v) is 6.78. The molecule has 1 aliphatic rings. The Hall–Kier alpha value is -1.84. The van der Waals surface area contributed by atoms with E-state index < -0.39 is 0 Å². The number of aryl methyl sites for hydroxylation is 1. The molecule has 0 bridgehead atoms. The molecule has 4 nitrogen and oxygen atoms in total. The Morgan fingerprint density at radius 2 is 1.73 bits per heavy atom. The van der Waals surface area contributed by atoms with Gasteiger partial charge in [-0.3, -0.25) is 9.59 Å². The van der Waals surface area contributed by atoms with E-state index in [9.17, 15) is 9.59 Å². The first kappa shape index (κ1) is 24.2. The Kier molecular flexibility index (Phi) is 13.3. The molecule has 0 radical (unpaired) electrons. The van der Waals surface area contributed by atoms with Crippen LogP contribution in [0.5, 0.6) is 0 Å². The molecule has 1 heterocycles. The number of unbranched alkanes of at least 4 members (excludes halogenated alkanes) is 1. The van der Waals surface area contributed by atoms with Gasteiger partial charge in [-0.15, -0.1) is 0 Å². The van der Waals surface area contributed by atoms with Crippen LogP contribution in [0, 0.1) is 0 Å². The van der Waals surface area contributed by atoms with Crippen LogP contribution >= 0.6 is 0 Å². The van der Waals surface area contributed by atoms with Crippen LogP contribution in [-0.4, -0.2) is 24.0 Å². The van der Waals surface area contributed by atoms with Gasteiger partial charge in [-0.25, -0.2) is 0 Å². The van der Waals surface area contributed by atoms with Crippen molar-refractivity contribution >= 4 is 11.9 Å². The number of rotatable bonds is 8. The van der Waals surface area contributed by atoms with E-state index in [1.807, 2.05) is 40.7 Å². The lowest BCUT2D eigenvalue weighted by molar-refractivity contribution is -0.157. The number of carbonyl (C=O) groups is 2. The quantitative estimate of drug-likeness (QED) is 0.399. The predicted molar refractivity (Wildman–Crippen MR) is 108 cm³/mol. The van der Waals surface area contributed by atoms with Crippen molar-refractivity contribution < 1.29 is 14.3 Å². The molecule has 26 heavy (non-hydrogen) atoms. The lowest BCUT2D eigenvalue weighted by Gasteiger charge is -2.25. The zero-order chi connectivity index (χ0) is 19.8. The Morgan fingerprint density at radius 3 is 2.19 bits per heavy atom. The number of amides is 1. The van der Waals surface area contributed by atoms with Gasteiger partial charge in [0.15, 0.2) is 0 Å². The lowest BCUT2D eigenvalue weighted by Crippen LogP contribution is -2.37. The van der Waals surface area contributed by atoms with Crippen molar-refractivity contribution in [1.29, 1.82) is 0 Å². The normalized spacial score (nSPS) is 12.4. The standard InChI is InChI=1S/C17H26O2.C3H5NO.C2H6/c1-4-10-16(18)19-17(2,3)14-9-8-13-15-11-6-5-7-12-15;5-3-1-2-4-3;1-2/h5-7,11-12H,4,8-10,13-14H2,1-3H3;1-2H2,(H,4,5);1-2H3. The fraction of sp³-hybridized carbons (Fsp3) is 0.636. The third-order valence-corrected chi connectivity index (χ3v) is 3.86. The highest BCUT2D eigenvalue weighted by Crippen LogP contribution is 2.20. The summed E-state index contributed by atoms with van der Waals surface area (Å²) in [6.45, 7) is 10.9. The Bertz CT molecular complexity index is 491. The number of β-lactam (4-membered cyclic amide) rings is 1. The fourth-order valence-electron chi connectivity index (χ4n) is 2.37. The molecule has 0 aliphatic carbocycles. The predicted octanol–water partition coefficient (Wildman–Crippen LogP) is 5.05. The van der Waals surface area contributed by atoms with Crippen LogP contribution in [0.1, 0.15) is 78.7 Å². The molecule has 2 rings (SSSR count). The molecule has 0 spiro atoms. The minimum atomic E-state index is -0.330. The SMILES string of the molecule is CC.CCCC(=O)OC(C)(C)CCCCc1ccccc1.O=C1CCN1. The number of esters is 1. The van der Waals surface area contributed by atoms with E-state index in [-0.39, 0.29) is 17.5 Å². The van der Waals surface area contributed by atoms with Crippen molar-refractivity contribution in [1.82, 2.24) is 5.32 Å². The summed E-state index contributed by atoms with van der Waals surface area (Å²) in [5, 5.41) is 2.57. The Balaban J connectivity index is 0.000000749. The summed E-state index contributed by atoms with van der Waals surface area (Å²) in [5.74, 6) is 0.112. The molecule has 148 valence electrons. The molecule has 0 aromatic heterocycles. The van der Waals surface area contributed by atoms with E-state index in [1.54, 1.807) is 0 Å². The zero-order valence-electron chi connectivity index (χ0n) is 17.3. The van der Waals surface area contributed by atoms with Crippen molar-refractivity contribution in [3.05, 3.63) is 35.9 Å². The van der Waals surface area contributed by atoms with Crippen molar-refractivity contribution in [2.45, 2.75) is 85.2 Å². The van der Waals surface area contributed by atoms with Crippen LogP contribution in [0.3, 0.4) is 0 Å². The maximum Gasteiger partial charge on any atom is 0.306 e. The molecule has 0 atom stereocenters. The lowest BCUT2D eigenvalue weighted by atomic mass is 9.98. The smallest absolute Gasteiger partial charge is 0.306 e. The van der Waals surface area contributed by atoms with E-state index in [0.717, 1.165) is 45.1 Å². The molecule has 4 heteroatoms. The Labute approximate surface area is 159 Å². The highest BCUT2D eigenvalue weighted by atomic mass is 16.6. The third-order valence-electron chi connectivity index (χ3n) is 3.86. The second kappa shape index (κ2) is 14.3. The molecular formula is C22H37NO3. The summed E-state index contributed by atoms with van der Waals surface area (Å²) in [6, 6.07) is 10.5. The first-order chi connectivity index (χ1) is 12.4. The first-order valence-electron chi connectivity index (χ1n) is 9.95. The minimum Gasteiger partial charge on any atom is -0.460 e. The average Bonchev–Trinajstić information content (AvgIpc) is 2.60. The van der Waals surface area contributed by atoms with Crippen LogP contribution in [0.25, 0.3) is 0 Å². The summed E-state index contributed by atoms with van der Waals surface area (Å²) in [7, 11) is 0. The monoisotopic (exact) mass is 363 g/mol. The maximum absolute atomic E-state index is 11.5. The number of hydrogen-bond donors (Lipinski definition) is 1.